The number of furan rings is 1. The Morgan fingerprint density at radius 2 is 1.67 bits per heavy atom. The summed E-state index contributed by atoms with van der Waals surface area (Å²) in [7, 11) is 0. The van der Waals surface area contributed by atoms with Gasteiger partial charge in [-0.25, -0.2) is 0 Å². The highest BCUT2D eigenvalue weighted by molar-refractivity contribution is 5.95. The van der Waals surface area contributed by atoms with Crippen LogP contribution in [-0.2, 0) is 6.54 Å². The number of nitrogens with zero attached hydrogens (tertiary/aromatic N) is 3. The number of piperazine rings is 1. The van der Waals surface area contributed by atoms with Crippen LogP contribution in [0.5, 0.6) is 0 Å². The van der Waals surface area contributed by atoms with E-state index in [-0.39, 0.29) is 18.2 Å². The Bertz CT molecular complexity index is 1270. The second kappa shape index (κ2) is 9.33. The summed E-state index contributed by atoms with van der Waals surface area (Å²) in [6.45, 7) is 9.29. The van der Waals surface area contributed by atoms with Crippen molar-refractivity contribution >= 4 is 35.0 Å². The van der Waals surface area contributed by atoms with Crippen LogP contribution in [0.25, 0.3) is 16.7 Å². The number of nitrogens with two attached hydrogens (primary N) is 1. The van der Waals surface area contributed by atoms with Crippen molar-refractivity contribution in [1.82, 2.24) is 9.47 Å². The summed E-state index contributed by atoms with van der Waals surface area (Å²) in [6.07, 6.45) is 0. The number of aryl methyl sites for hydroxylation is 1. The van der Waals surface area contributed by atoms with Gasteiger partial charge in [0.2, 0.25) is 0 Å². The van der Waals surface area contributed by atoms with Crippen LogP contribution in [0.1, 0.15) is 27.5 Å². The summed E-state index contributed by atoms with van der Waals surface area (Å²) in [5, 5.41) is 0.909. The number of benzene rings is 2. The summed E-state index contributed by atoms with van der Waals surface area (Å²) < 4.78 is 7.85. The zero-order chi connectivity index (χ0) is 22.2. The van der Waals surface area contributed by atoms with Crippen LogP contribution in [0.2, 0.25) is 0 Å². The molecule has 1 aliphatic rings. The van der Waals surface area contributed by atoms with Crippen LogP contribution in [0.15, 0.2) is 65.1 Å². The molecule has 0 saturated carbocycles. The molecule has 7 heteroatoms. The molecule has 0 bridgehead atoms. The first-order chi connectivity index (χ1) is 15.5. The van der Waals surface area contributed by atoms with Crippen LogP contribution in [0, 0.1) is 13.8 Å². The van der Waals surface area contributed by atoms with E-state index in [0.717, 1.165) is 43.8 Å². The summed E-state index contributed by atoms with van der Waals surface area (Å²) in [6, 6.07) is 20.6. The molecule has 1 fully saturated rings. The van der Waals surface area contributed by atoms with E-state index >= 15 is 0 Å². The quantitative estimate of drug-likeness (QED) is 0.465. The third kappa shape index (κ3) is 4.49. The van der Waals surface area contributed by atoms with Gasteiger partial charge >= 0.3 is 0 Å². The van der Waals surface area contributed by atoms with Crippen molar-refractivity contribution in [3.8, 4) is 5.69 Å². The highest BCUT2D eigenvalue weighted by Gasteiger charge is 2.20. The Labute approximate surface area is 200 Å². The fourth-order valence-electron chi connectivity index (χ4n) is 4.72. The number of aromatic nitrogens is 1. The lowest BCUT2D eigenvalue weighted by Crippen LogP contribution is -2.46. The molecule has 1 saturated heterocycles. The van der Waals surface area contributed by atoms with Gasteiger partial charge in [-0.2, -0.15) is 0 Å². The molecule has 0 spiro atoms. The topological polar surface area (TPSA) is 67.6 Å². The maximum Gasteiger partial charge on any atom is 0.284 e. The first kappa shape index (κ1) is 23.0. The Balaban J connectivity index is 0.00000259. The Kier molecular flexibility index (Phi) is 6.49. The molecule has 2 aromatic heterocycles. The highest BCUT2D eigenvalue weighted by atomic mass is 35.5. The van der Waals surface area contributed by atoms with E-state index < -0.39 is 5.91 Å². The molecule has 1 aliphatic heterocycles. The first-order valence-corrected chi connectivity index (χ1v) is 11.0. The van der Waals surface area contributed by atoms with Crippen LogP contribution < -0.4 is 10.6 Å². The van der Waals surface area contributed by atoms with Gasteiger partial charge in [-0.05, 0) is 61.9 Å². The molecule has 0 atom stereocenters. The smallest absolute Gasteiger partial charge is 0.284 e. The van der Waals surface area contributed by atoms with Gasteiger partial charge in [-0.1, -0.05) is 18.2 Å². The molecule has 172 valence electrons. The molecule has 2 aromatic carbocycles. The van der Waals surface area contributed by atoms with Crippen molar-refractivity contribution in [2.24, 2.45) is 5.73 Å². The van der Waals surface area contributed by atoms with E-state index in [1.807, 2.05) is 6.07 Å². The minimum Gasteiger partial charge on any atom is -0.451 e. The second-order valence-corrected chi connectivity index (χ2v) is 8.53. The number of primary amides is 1. The lowest BCUT2D eigenvalue weighted by molar-refractivity contribution is 0.0976. The molecule has 0 radical (unpaired) electrons. The van der Waals surface area contributed by atoms with Crippen molar-refractivity contribution in [3.05, 3.63) is 83.4 Å². The van der Waals surface area contributed by atoms with Gasteiger partial charge in [0.1, 0.15) is 5.58 Å². The Morgan fingerprint density at radius 1 is 0.939 bits per heavy atom. The van der Waals surface area contributed by atoms with Gasteiger partial charge in [0.25, 0.3) is 5.91 Å². The van der Waals surface area contributed by atoms with Gasteiger partial charge in [0.05, 0.1) is 0 Å². The van der Waals surface area contributed by atoms with Crippen molar-refractivity contribution in [3.63, 3.8) is 0 Å². The number of carbonyl (C=O) groups excluding carboxylic acids is 1. The van der Waals surface area contributed by atoms with Gasteiger partial charge in [0, 0.05) is 60.9 Å². The van der Waals surface area contributed by atoms with E-state index in [0.29, 0.717) is 5.58 Å². The molecule has 33 heavy (non-hydrogen) atoms. The molecule has 0 aliphatic carbocycles. The first-order valence-electron chi connectivity index (χ1n) is 11.0. The Hall–Kier alpha value is -3.22. The fraction of sp³-hybridized carbons (Fsp3) is 0.269. The van der Waals surface area contributed by atoms with E-state index in [4.69, 9.17) is 10.2 Å². The number of hydrogen-bond donors (Lipinski definition) is 1. The number of rotatable bonds is 5. The normalized spacial score (nSPS) is 14.4. The maximum atomic E-state index is 11.4. The molecule has 3 heterocycles. The van der Waals surface area contributed by atoms with Gasteiger partial charge in [0.15, 0.2) is 5.76 Å². The van der Waals surface area contributed by atoms with E-state index in [1.165, 1.54) is 22.6 Å². The van der Waals surface area contributed by atoms with Gasteiger partial charge in [-0.3, -0.25) is 9.69 Å². The standard InChI is InChI=1S/C26H28N4O2.ClH/c1-18-14-21(19(2)30(18)22-6-4-3-5-7-22)17-28-10-12-29(13-11-28)23-8-9-24-20(15-23)16-25(32-24)26(27)31;/h3-9,14-16H,10-13,17H2,1-2H3,(H2,27,31);1H. The minimum atomic E-state index is -0.539. The fourth-order valence-corrected chi connectivity index (χ4v) is 4.72. The average Bonchev–Trinajstić information content (AvgIpc) is 3.35. The monoisotopic (exact) mass is 464 g/mol. The number of hydrogen-bond acceptors (Lipinski definition) is 4. The van der Waals surface area contributed by atoms with Crippen LogP contribution in [-0.4, -0.2) is 41.6 Å². The SMILES string of the molecule is Cc1cc(CN2CCN(c3ccc4oc(C(N)=O)cc4c3)CC2)c(C)n1-c1ccccc1.Cl. The predicted octanol–water partition coefficient (Wildman–Crippen LogP) is 4.68. The average molecular weight is 465 g/mol. The van der Waals surface area contributed by atoms with E-state index in [1.54, 1.807) is 6.07 Å². The van der Waals surface area contributed by atoms with Gasteiger partial charge in [-0.15, -0.1) is 12.4 Å². The summed E-state index contributed by atoms with van der Waals surface area (Å²) in [4.78, 5) is 16.3. The zero-order valence-corrected chi connectivity index (χ0v) is 19.8. The lowest BCUT2D eigenvalue weighted by atomic mass is 10.1. The van der Waals surface area contributed by atoms with Crippen LogP contribution >= 0.6 is 12.4 Å². The molecule has 5 rings (SSSR count). The molecule has 6 nitrogen and oxygen atoms in total. The largest absolute Gasteiger partial charge is 0.451 e. The van der Waals surface area contributed by atoms with Crippen LogP contribution in [0.3, 0.4) is 0 Å². The maximum absolute atomic E-state index is 11.4. The summed E-state index contributed by atoms with van der Waals surface area (Å²) in [5.74, 6) is -0.335. The molecule has 2 N–H and O–H groups in total. The number of amides is 1. The number of anilines is 1. The Morgan fingerprint density at radius 3 is 2.36 bits per heavy atom. The third-order valence-corrected chi connectivity index (χ3v) is 6.42. The second-order valence-electron chi connectivity index (χ2n) is 8.53. The van der Waals surface area contributed by atoms with Gasteiger partial charge < -0.3 is 19.6 Å². The number of fused-ring (bicyclic) bond motifs is 1. The lowest BCUT2D eigenvalue weighted by Gasteiger charge is -2.36. The molecule has 4 aromatic rings. The summed E-state index contributed by atoms with van der Waals surface area (Å²) in [5.41, 5.74) is 12.4. The molecule has 0 unspecified atom stereocenters. The van der Waals surface area contributed by atoms with Crippen molar-refractivity contribution in [2.45, 2.75) is 20.4 Å². The van der Waals surface area contributed by atoms with Crippen molar-refractivity contribution in [2.75, 3.05) is 31.1 Å². The molecular formula is C26H29ClN4O2. The molecule has 1 amide bonds. The predicted molar refractivity (Wildman–Crippen MR) is 135 cm³/mol. The van der Waals surface area contributed by atoms with E-state index in [9.17, 15) is 4.79 Å². The molecular weight excluding hydrogens is 436 g/mol. The summed E-state index contributed by atoms with van der Waals surface area (Å²) >= 11 is 0. The van der Waals surface area contributed by atoms with E-state index in [2.05, 4.69) is 76.7 Å². The number of halogens is 1. The number of para-hydroxylation sites is 1. The zero-order valence-electron chi connectivity index (χ0n) is 19.0. The third-order valence-electron chi connectivity index (χ3n) is 6.42. The van der Waals surface area contributed by atoms with Crippen molar-refractivity contribution in [1.29, 1.82) is 0 Å². The number of carbonyl (C=O) groups is 1. The van der Waals surface area contributed by atoms with Crippen LogP contribution in [0.4, 0.5) is 5.69 Å². The highest BCUT2D eigenvalue weighted by Crippen LogP contribution is 2.27. The van der Waals surface area contributed by atoms with Crippen molar-refractivity contribution < 1.29 is 9.21 Å². The minimum absolute atomic E-state index is 0.